The van der Waals surface area contributed by atoms with Crippen LogP contribution in [0.25, 0.3) is 0 Å². The molecular weight excluding hydrogens is 376 g/mol. The quantitative estimate of drug-likeness (QED) is 0.306. The molecule has 0 aromatic heterocycles. The minimum atomic E-state index is -2.63. The van der Waals surface area contributed by atoms with E-state index in [2.05, 4.69) is 120 Å². The monoisotopic (exact) mass is 406 g/mol. The van der Waals surface area contributed by atoms with E-state index < -0.39 is 7.38 Å². The molecule has 0 saturated heterocycles. The van der Waals surface area contributed by atoms with Crippen molar-refractivity contribution in [2.75, 3.05) is 0 Å². The van der Waals surface area contributed by atoms with Gasteiger partial charge in [-0.1, -0.05) is 120 Å². The van der Waals surface area contributed by atoms with E-state index in [-0.39, 0.29) is 10.8 Å². The van der Waals surface area contributed by atoms with E-state index in [1.807, 2.05) is 0 Å². The van der Waals surface area contributed by atoms with Crippen LogP contribution in [-0.4, -0.2) is 7.38 Å². The molecule has 0 unspecified atom stereocenters. The zero-order chi connectivity index (χ0) is 20.6. The lowest BCUT2D eigenvalue weighted by Crippen LogP contribution is -2.63. The highest BCUT2D eigenvalue weighted by Gasteiger charge is 2.39. The first kappa shape index (κ1) is 20.9. The lowest BCUT2D eigenvalue weighted by molar-refractivity contribution is 0.590. The molecule has 0 nitrogen and oxygen atoms in total. The molecule has 3 aromatic rings. The summed E-state index contributed by atoms with van der Waals surface area (Å²) in [7, 11) is -2.63. The van der Waals surface area contributed by atoms with Gasteiger partial charge in [0, 0.05) is 0 Å². The minimum absolute atomic E-state index is 0.0894. The first-order valence-electron chi connectivity index (χ1n) is 9.99. The Balaban J connectivity index is 2.27. The van der Waals surface area contributed by atoms with E-state index in [0.29, 0.717) is 0 Å². The second-order valence-electron chi connectivity index (χ2n) is 9.69. The minimum Gasteiger partial charge on any atom is -0.149 e. The molecule has 0 N–H and O–H groups in total. The Morgan fingerprint density at radius 2 is 0.929 bits per heavy atom. The predicted molar refractivity (Wildman–Crippen MR) is 127 cm³/mol. The molecule has 0 spiro atoms. The van der Waals surface area contributed by atoms with Crippen LogP contribution in [0, 0.1) is 0 Å². The van der Waals surface area contributed by atoms with Crippen molar-refractivity contribution in [2.45, 2.75) is 52.4 Å². The smallest absolute Gasteiger partial charge is 0.149 e. The Kier molecular flexibility index (Phi) is 5.62. The average Bonchev–Trinajstić information content (AvgIpc) is 2.67. The lowest BCUT2D eigenvalue weighted by Gasteiger charge is -2.30. The van der Waals surface area contributed by atoms with E-state index in [4.69, 9.17) is 11.1 Å². The number of hydrogen-bond donors (Lipinski definition) is 0. The molecule has 0 aliphatic rings. The van der Waals surface area contributed by atoms with Crippen LogP contribution in [0.4, 0.5) is 0 Å². The molecule has 0 atom stereocenters. The molecule has 0 fully saturated rings. The first-order chi connectivity index (χ1) is 13.0. The van der Waals surface area contributed by atoms with Crippen molar-refractivity contribution in [1.29, 1.82) is 0 Å². The molecule has 3 rings (SSSR count). The Morgan fingerprint density at radius 1 is 0.536 bits per heavy atom. The molecule has 3 aromatic carbocycles. The summed E-state index contributed by atoms with van der Waals surface area (Å²) in [5, 5.41) is 3.73. The van der Waals surface area contributed by atoms with Crippen LogP contribution in [0.2, 0.25) is 0 Å². The van der Waals surface area contributed by atoms with Gasteiger partial charge in [0.1, 0.15) is 0 Å². The summed E-state index contributed by atoms with van der Waals surface area (Å²) < 4.78 is 0. The topological polar surface area (TPSA) is 0 Å². The molecule has 0 aliphatic heterocycles. The number of rotatable bonds is 3. The van der Waals surface area contributed by atoms with E-state index in [1.54, 1.807) is 0 Å². The van der Waals surface area contributed by atoms with Crippen LogP contribution in [0.15, 0.2) is 78.9 Å². The standard InChI is InChI=1S/C26H31ClSi/c1-25(2,3)20-12-10-16-23(18-20)28(27,22-14-8-7-9-15-22)24-17-11-13-21(19-24)26(4,5)6/h7-19H,1-6H3. The van der Waals surface area contributed by atoms with Gasteiger partial charge < -0.3 is 0 Å². The van der Waals surface area contributed by atoms with Gasteiger partial charge in [-0.25, -0.2) is 0 Å². The largest absolute Gasteiger partial charge is 0.247 e. The number of halogens is 1. The average molecular weight is 407 g/mol. The van der Waals surface area contributed by atoms with Gasteiger partial charge in [-0.05, 0) is 37.5 Å². The Morgan fingerprint density at radius 3 is 1.32 bits per heavy atom. The molecule has 0 bridgehead atoms. The van der Waals surface area contributed by atoms with E-state index >= 15 is 0 Å². The highest BCUT2D eigenvalue weighted by atomic mass is 35.6. The third-order valence-electron chi connectivity index (χ3n) is 5.42. The summed E-state index contributed by atoms with van der Waals surface area (Å²) in [4.78, 5) is 0. The van der Waals surface area contributed by atoms with Gasteiger partial charge in [-0.2, -0.15) is 0 Å². The van der Waals surface area contributed by atoms with Crippen LogP contribution in [0.5, 0.6) is 0 Å². The van der Waals surface area contributed by atoms with Crippen LogP contribution in [-0.2, 0) is 10.8 Å². The summed E-state index contributed by atoms with van der Waals surface area (Å²) >= 11 is 7.70. The maximum absolute atomic E-state index is 7.70. The van der Waals surface area contributed by atoms with Gasteiger partial charge in [-0.3, -0.25) is 0 Å². The lowest BCUT2D eigenvalue weighted by atomic mass is 9.87. The van der Waals surface area contributed by atoms with Crippen molar-refractivity contribution in [3.63, 3.8) is 0 Å². The maximum Gasteiger partial charge on any atom is 0.247 e. The van der Waals surface area contributed by atoms with Crippen LogP contribution in [0.3, 0.4) is 0 Å². The fourth-order valence-corrected chi connectivity index (χ4v) is 7.66. The van der Waals surface area contributed by atoms with Gasteiger partial charge in [0.2, 0.25) is 7.38 Å². The van der Waals surface area contributed by atoms with E-state index in [1.165, 1.54) is 26.7 Å². The zero-order valence-electron chi connectivity index (χ0n) is 17.9. The van der Waals surface area contributed by atoms with Gasteiger partial charge in [0.25, 0.3) is 0 Å². The molecule has 146 valence electrons. The fraction of sp³-hybridized carbons (Fsp3) is 0.308. The Hall–Kier alpha value is -1.83. The second-order valence-corrected chi connectivity index (χ2v) is 14.4. The molecular formula is C26H31ClSi. The van der Waals surface area contributed by atoms with Crippen LogP contribution < -0.4 is 15.6 Å². The van der Waals surface area contributed by atoms with Crippen molar-refractivity contribution in [2.24, 2.45) is 0 Å². The predicted octanol–water partition coefficient (Wildman–Crippen LogP) is 5.49. The highest BCUT2D eigenvalue weighted by Crippen LogP contribution is 2.24. The maximum atomic E-state index is 7.70. The second kappa shape index (κ2) is 7.53. The summed E-state index contributed by atoms with van der Waals surface area (Å²) in [6, 6.07) is 28.5. The highest BCUT2D eigenvalue weighted by molar-refractivity contribution is 7.40. The third-order valence-corrected chi connectivity index (χ3v) is 10.7. The van der Waals surface area contributed by atoms with Gasteiger partial charge in [0.15, 0.2) is 0 Å². The first-order valence-corrected chi connectivity index (χ1v) is 13.0. The van der Waals surface area contributed by atoms with E-state index in [9.17, 15) is 0 Å². The van der Waals surface area contributed by atoms with Crippen molar-refractivity contribution in [1.82, 2.24) is 0 Å². The van der Waals surface area contributed by atoms with Gasteiger partial charge in [0.05, 0.1) is 0 Å². The summed E-state index contributed by atoms with van der Waals surface area (Å²) in [6.45, 7) is 13.5. The number of benzene rings is 3. The third kappa shape index (κ3) is 4.11. The van der Waals surface area contributed by atoms with Crippen LogP contribution >= 0.6 is 11.1 Å². The SMILES string of the molecule is CC(C)(C)c1cccc([Si](Cl)(c2ccccc2)c2cccc(C(C)(C)C)c2)c1. The normalized spacial score (nSPS) is 12.8. The van der Waals surface area contributed by atoms with Crippen molar-refractivity contribution < 1.29 is 0 Å². The number of hydrogen-bond acceptors (Lipinski definition) is 0. The van der Waals surface area contributed by atoms with Gasteiger partial charge in [-0.15, -0.1) is 11.1 Å². The van der Waals surface area contributed by atoms with Gasteiger partial charge >= 0.3 is 0 Å². The molecule has 28 heavy (non-hydrogen) atoms. The van der Waals surface area contributed by atoms with Crippen molar-refractivity contribution in [3.8, 4) is 0 Å². The molecule has 0 radical (unpaired) electrons. The molecule has 0 saturated carbocycles. The molecule has 0 aliphatic carbocycles. The Labute approximate surface area is 176 Å². The molecule has 2 heteroatoms. The summed E-state index contributed by atoms with van der Waals surface area (Å²) in [6.07, 6.45) is 0. The van der Waals surface area contributed by atoms with Crippen molar-refractivity contribution >= 4 is 34.0 Å². The van der Waals surface area contributed by atoms with E-state index in [0.717, 1.165) is 0 Å². The van der Waals surface area contributed by atoms with Crippen molar-refractivity contribution in [3.05, 3.63) is 90.0 Å². The summed E-state index contributed by atoms with van der Waals surface area (Å²) in [5.41, 5.74) is 2.83. The Bertz CT molecular complexity index is 888. The zero-order valence-corrected chi connectivity index (χ0v) is 19.6. The fourth-order valence-electron chi connectivity index (χ4n) is 3.57. The molecule has 0 heterocycles. The molecule has 0 amide bonds. The summed E-state index contributed by atoms with van der Waals surface area (Å²) in [5.74, 6) is 0. The van der Waals surface area contributed by atoms with Crippen LogP contribution in [0.1, 0.15) is 52.7 Å².